The first-order valence-corrected chi connectivity index (χ1v) is 9.18. The Labute approximate surface area is 150 Å². The zero-order chi connectivity index (χ0) is 18.0. The molecule has 134 valence electrons. The fraction of sp³-hybridized carbons (Fsp3) is 0.474. The normalized spacial score (nSPS) is 16.7. The van der Waals surface area contributed by atoms with Gasteiger partial charge in [-0.1, -0.05) is 18.1 Å². The lowest BCUT2D eigenvalue weighted by Gasteiger charge is -2.30. The maximum Gasteiger partial charge on any atom is 0.393 e. The van der Waals surface area contributed by atoms with Crippen LogP contribution in [-0.4, -0.2) is 37.3 Å². The number of benzene rings is 1. The van der Waals surface area contributed by atoms with Crippen LogP contribution in [0.15, 0.2) is 18.2 Å². The molecule has 25 heavy (non-hydrogen) atoms. The van der Waals surface area contributed by atoms with E-state index in [-0.39, 0.29) is 0 Å². The number of hydrogen-bond acceptors (Lipinski definition) is 3. The summed E-state index contributed by atoms with van der Waals surface area (Å²) in [5.41, 5.74) is 1.22. The number of nitrogens with one attached hydrogen (secondary N) is 1. The van der Waals surface area contributed by atoms with Gasteiger partial charge in [0, 0.05) is 6.04 Å². The first kappa shape index (κ1) is 18.1. The lowest BCUT2D eigenvalue weighted by Crippen LogP contribution is -2.36. The molecule has 1 aromatic heterocycles. The number of rotatable bonds is 3. The van der Waals surface area contributed by atoms with Crippen LogP contribution in [0.3, 0.4) is 0 Å². The predicted octanol–water partition coefficient (Wildman–Crippen LogP) is 4.88. The molecule has 0 saturated carbocycles. The molecule has 1 aliphatic heterocycles. The zero-order valence-corrected chi connectivity index (χ0v) is 15.2. The number of hydrogen-bond donors (Lipinski definition) is 1. The van der Waals surface area contributed by atoms with Gasteiger partial charge in [-0.25, -0.2) is 0 Å². The van der Waals surface area contributed by atoms with E-state index in [9.17, 15) is 13.2 Å². The minimum absolute atomic E-state index is 0.300. The van der Waals surface area contributed by atoms with E-state index >= 15 is 0 Å². The van der Waals surface area contributed by atoms with Crippen LogP contribution in [0.1, 0.15) is 30.2 Å². The molecule has 0 aliphatic carbocycles. The maximum atomic E-state index is 13.0. The van der Waals surface area contributed by atoms with E-state index in [1.807, 2.05) is 12.1 Å². The summed E-state index contributed by atoms with van der Waals surface area (Å²) in [6, 6.07) is 5.91. The van der Waals surface area contributed by atoms with Gasteiger partial charge in [0.2, 0.25) is 0 Å². The van der Waals surface area contributed by atoms with Crippen molar-refractivity contribution in [1.29, 1.82) is 0 Å². The molecule has 1 saturated heterocycles. The molecule has 2 nitrogen and oxygen atoms in total. The summed E-state index contributed by atoms with van der Waals surface area (Å²) in [7, 11) is 2.11. The third-order valence-corrected chi connectivity index (χ3v) is 5.71. The number of fused-ring (bicyclic) bond motifs is 1. The Hall–Kier alpha value is -1.71. The van der Waals surface area contributed by atoms with Gasteiger partial charge in [-0.3, -0.25) is 0 Å². The maximum absolute atomic E-state index is 13.0. The molecule has 0 unspecified atom stereocenters. The number of alkyl halides is 3. The van der Waals surface area contributed by atoms with Crippen LogP contribution in [-0.2, 0) is 6.42 Å². The van der Waals surface area contributed by atoms with Crippen LogP contribution in [0.4, 0.5) is 18.9 Å². The first-order valence-electron chi connectivity index (χ1n) is 8.36. The summed E-state index contributed by atoms with van der Waals surface area (Å²) in [6.07, 6.45) is -3.10. The van der Waals surface area contributed by atoms with E-state index in [0.29, 0.717) is 21.9 Å². The number of halogens is 3. The average molecular weight is 366 g/mol. The van der Waals surface area contributed by atoms with E-state index in [1.165, 1.54) is 11.3 Å². The van der Waals surface area contributed by atoms with Crippen molar-refractivity contribution in [3.63, 3.8) is 0 Å². The molecule has 6 heteroatoms. The van der Waals surface area contributed by atoms with Crippen molar-refractivity contribution in [3.05, 3.63) is 28.6 Å². The Morgan fingerprint density at radius 2 is 2.00 bits per heavy atom. The van der Waals surface area contributed by atoms with Gasteiger partial charge in [-0.2, -0.15) is 13.2 Å². The topological polar surface area (TPSA) is 15.3 Å². The van der Waals surface area contributed by atoms with Gasteiger partial charge in [0.25, 0.3) is 0 Å². The molecule has 1 aromatic carbocycles. The summed E-state index contributed by atoms with van der Waals surface area (Å²) in [4.78, 5) is 2.81. The van der Waals surface area contributed by atoms with Gasteiger partial charge in [-0.05, 0) is 56.9 Å². The van der Waals surface area contributed by atoms with Crippen molar-refractivity contribution in [2.75, 3.05) is 25.5 Å². The molecule has 0 radical (unpaired) electrons. The summed E-state index contributed by atoms with van der Waals surface area (Å²) < 4.78 is 39.9. The fourth-order valence-corrected chi connectivity index (χ4v) is 4.45. The van der Waals surface area contributed by atoms with E-state index < -0.39 is 12.6 Å². The average Bonchev–Trinajstić information content (AvgIpc) is 2.87. The second kappa shape index (κ2) is 7.27. The molecule has 0 atom stereocenters. The molecule has 2 aromatic rings. The molecule has 0 spiro atoms. The van der Waals surface area contributed by atoms with E-state index in [2.05, 4.69) is 29.1 Å². The van der Waals surface area contributed by atoms with Gasteiger partial charge >= 0.3 is 6.18 Å². The molecule has 0 amide bonds. The highest BCUT2D eigenvalue weighted by molar-refractivity contribution is 7.20. The summed E-state index contributed by atoms with van der Waals surface area (Å²) in [5, 5.41) is 4.21. The summed E-state index contributed by atoms with van der Waals surface area (Å²) >= 11 is 1.36. The van der Waals surface area contributed by atoms with Gasteiger partial charge in [0.15, 0.2) is 0 Å². The van der Waals surface area contributed by atoms with Gasteiger partial charge < -0.3 is 10.2 Å². The van der Waals surface area contributed by atoms with Crippen LogP contribution in [0.25, 0.3) is 10.1 Å². The van der Waals surface area contributed by atoms with Crippen LogP contribution in [0.2, 0.25) is 0 Å². The number of anilines is 1. The molecule has 1 N–H and O–H groups in total. The molecule has 3 rings (SSSR count). The molecule has 0 bridgehead atoms. The van der Waals surface area contributed by atoms with E-state index in [4.69, 9.17) is 0 Å². The molecule has 1 aliphatic rings. The molecule has 2 heterocycles. The van der Waals surface area contributed by atoms with Crippen molar-refractivity contribution in [2.24, 2.45) is 0 Å². The molecular formula is C19H21F3N2S. The van der Waals surface area contributed by atoms with Crippen molar-refractivity contribution < 1.29 is 13.2 Å². The van der Waals surface area contributed by atoms with E-state index in [0.717, 1.165) is 36.3 Å². The van der Waals surface area contributed by atoms with Crippen LogP contribution < -0.4 is 5.32 Å². The van der Waals surface area contributed by atoms with Crippen LogP contribution in [0, 0.1) is 11.8 Å². The summed E-state index contributed by atoms with van der Waals surface area (Å²) in [6.45, 7) is 3.72. The second-order valence-corrected chi connectivity index (χ2v) is 7.50. The lowest BCUT2D eigenvalue weighted by atomic mass is 10.0. The quantitative estimate of drug-likeness (QED) is 0.779. The Bertz CT molecular complexity index is 806. The van der Waals surface area contributed by atoms with Gasteiger partial charge in [0.1, 0.15) is 0 Å². The Morgan fingerprint density at radius 3 is 2.64 bits per heavy atom. The lowest BCUT2D eigenvalue weighted by molar-refractivity contribution is -0.126. The summed E-state index contributed by atoms with van der Waals surface area (Å²) in [5.74, 6) is 5.60. The number of nitrogens with zero attached hydrogens (tertiary/aromatic N) is 1. The van der Waals surface area contributed by atoms with Crippen molar-refractivity contribution in [3.8, 4) is 11.8 Å². The SMILES string of the molecule is CC#Cc1sc2c(NC3CCN(C)CC3)cccc2c1CC(F)(F)F. The monoisotopic (exact) mass is 366 g/mol. The van der Waals surface area contributed by atoms with Gasteiger partial charge in [-0.15, -0.1) is 17.3 Å². The molecular weight excluding hydrogens is 345 g/mol. The van der Waals surface area contributed by atoms with Crippen LogP contribution in [0.5, 0.6) is 0 Å². The van der Waals surface area contributed by atoms with Crippen LogP contribution >= 0.6 is 11.3 Å². The van der Waals surface area contributed by atoms with Crippen molar-refractivity contribution >= 4 is 27.1 Å². The number of piperidine rings is 1. The van der Waals surface area contributed by atoms with E-state index in [1.54, 1.807) is 13.0 Å². The highest BCUT2D eigenvalue weighted by Gasteiger charge is 2.31. The highest BCUT2D eigenvalue weighted by Crippen LogP contribution is 2.39. The largest absolute Gasteiger partial charge is 0.393 e. The third kappa shape index (κ3) is 4.28. The predicted molar refractivity (Wildman–Crippen MR) is 98.3 cm³/mol. The minimum Gasteiger partial charge on any atom is -0.381 e. The Balaban J connectivity index is 1.97. The second-order valence-electron chi connectivity index (χ2n) is 6.48. The standard InChI is InChI=1S/C19H21F3N2S/c1-3-5-17-15(12-19(20,21)22)14-6-4-7-16(18(14)25-17)23-13-8-10-24(2)11-9-13/h4,6-7,13,23H,8-12H2,1-2H3. The Kier molecular flexibility index (Phi) is 5.26. The zero-order valence-electron chi connectivity index (χ0n) is 14.3. The van der Waals surface area contributed by atoms with Gasteiger partial charge in [0.05, 0.1) is 21.7 Å². The molecule has 1 fully saturated rings. The minimum atomic E-state index is -4.24. The highest BCUT2D eigenvalue weighted by atomic mass is 32.1. The third-order valence-electron chi connectivity index (χ3n) is 4.51. The first-order chi connectivity index (χ1) is 11.9. The fourth-order valence-electron chi connectivity index (χ4n) is 3.25. The Morgan fingerprint density at radius 1 is 1.28 bits per heavy atom. The van der Waals surface area contributed by atoms with Crippen molar-refractivity contribution in [2.45, 2.75) is 38.4 Å². The number of thiophene rings is 1. The van der Waals surface area contributed by atoms with Crippen molar-refractivity contribution in [1.82, 2.24) is 4.90 Å². The smallest absolute Gasteiger partial charge is 0.381 e. The number of likely N-dealkylation sites (tertiary alicyclic amines) is 1.